The molecule has 0 aliphatic rings. The molecule has 0 aliphatic carbocycles. The van der Waals surface area contributed by atoms with E-state index in [4.69, 9.17) is 23.2 Å². The van der Waals surface area contributed by atoms with Gasteiger partial charge in [-0.3, -0.25) is 9.78 Å². The zero-order valence-corrected chi connectivity index (χ0v) is 12.1. The number of carbonyl (C=O) groups excluding carboxylic acids is 1. The normalized spacial score (nSPS) is 10.4. The van der Waals surface area contributed by atoms with Crippen LogP contribution in [0.1, 0.15) is 16.1 Å². The van der Waals surface area contributed by atoms with Crippen molar-refractivity contribution in [2.24, 2.45) is 0 Å². The molecule has 0 bridgehead atoms. The minimum atomic E-state index is -0.448. The van der Waals surface area contributed by atoms with Crippen molar-refractivity contribution < 1.29 is 9.18 Å². The summed E-state index contributed by atoms with van der Waals surface area (Å²) in [6.45, 7) is 0.0541. The summed E-state index contributed by atoms with van der Waals surface area (Å²) in [6.07, 6.45) is 1.44. The smallest absolute Gasteiger partial charge is 0.272 e. The summed E-state index contributed by atoms with van der Waals surface area (Å²) in [4.78, 5) is 17.4. The van der Waals surface area contributed by atoms with E-state index in [1.54, 1.807) is 19.2 Å². The first kappa shape index (κ1) is 14.8. The number of aromatic nitrogens is 1. The quantitative estimate of drug-likeness (QED) is 0.863. The Bertz CT molecular complexity index is 629. The van der Waals surface area contributed by atoms with Gasteiger partial charge in [-0.1, -0.05) is 29.3 Å². The van der Waals surface area contributed by atoms with Crippen LogP contribution in [-0.2, 0) is 6.54 Å². The number of carbonyl (C=O) groups is 1. The molecule has 0 radical (unpaired) electrons. The lowest BCUT2D eigenvalue weighted by atomic mass is 10.2. The number of benzene rings is 1. The molecule has 20 heavy (non-hydrogen) atoms. The molecule has 2 aromatic rings. The number of amides is 1. The van der Waals surface area contributed by atoms with Gasteiger partial charge in [0.2, 0.25) is 0 Å². The topological polar surface area (TPSA) is 33.2 Å². The number of nitrogens with zero attached hydrogens (tertiary/aromatic N) is 2. The van der Waals surface area contributed by atoms with E-state index in [9.17, 15) is 9.18 Å². The maximum Gasteiger partial charge on any atom is 0.272 e. The first-order valence-electron chi connectivity index (χ1n) is 5.79. The number of hydrogen-bond acceptors (Lipinski definition) is 2. The van der Waals surface area contributed by atoms with Crippen LogP contribution in [0.2, 0.25) is 10.0 Å². The number of hydrogen-bond donors (Lipinski definition) is 0. The highest BCUT2D eigenvalue weighted by atomic mass is 35.5. The van der Waals surface area contributed by atoms with Gasteiger partial charge in [0.25, 0.3) is 5.91 Å². The van der Waals surface area contributed by atoms with Gasteiger partial charge in [-0.05, 0) is 24.3 Å². The molecule has 0 saturated heterocycles. The minimum Gasteiger partial charge on any atom is -0.336 e. The maximum atomic E-state index is 13.7. The summed E-state index contributed by atoms with van der Waals surface area (Å²) >= 11 is 11.7. The summed E-state index contributed by atoms with van der Waals surface area (Å²) in [5.41, 5.74) is 0.472. The lowest BCUT2D eigenvalue weighted by Crippen LogP contribution is -2.27. The molecule has 0 atom stereocenters. The largest absolute Gasteiger partial charge is 0.336 e. The lowest BCUT2D eigenvalue weighted by Gasteiger charge is -2.18. The molecule has 0 aliphatic heterocycles. The monoisotopic (exact) mass is 312 g/mol. The van der Waals surface area contributed by atoms with E-state index in [0.29, 0.717) is 5.02 Å². The fourth-order valence-corrected chi connectivity index (χ4v) is 2.09. The minimum absolute atomic E-state index is 0.0541. The average Bonchev–Trinajstić information content (AvgIpc) is 2.42. The van der Waals surface area contributed by atoms with Crippen LogP contribution in [0.4, 0.5) is 4.39 Å². The predicted octanol–water partition coefficient (Wildman–Crippen LogP) is 3.80. The highest BCUT2D eigenvalue weighted by Crippen LogP contribution is 2.21. The van der Waals surface area contributed by atoms with Gasteiger partial charge in [0.05, 0.1) is 6.54 Å². The van der Waals surface area contributed by atoms with E-state index < -0.39 is 5.82 Å². The molecule has 1 aromatic carbocycles. The van der Waals surface area contributed by atoms with Crippen LogP contribution in [0.15, 0.2) is 36.5 Å². The molecule has 0 saturated carbocycles. The first-order chi connectivity index (χ1) is 9.49. The summed E-state index contributed by atoms with van der Waals surface area (Å²) in [5, 5.41) is 0.698. The van der Waals surface area contributed by atoms with E-state index in [2.05, 4.69) is 4.98 Å². The van der Waals surface area contributed by atoms with Crippen LogP contribution in [0.3, 0.4) is 0 Å². The standard InChI is InChI=1S/C14H11Cl2FN2O/c1-19(8-10-11(16)3-2-4-12(10)17)14(20)13-7-9(15)5-6-18-13/h2-7H,8H2,1H3. The van der Waals surface area contributed by atoms with E-state index in [-0.39, 0.29) is 28.7 Å². The Balaban J connectivity index is 2.20. The third-order valence-electron chi connectivity index (χ3n) is 2.74. The molecule has 0 unspecified atom stereocenters. The predicted molar refractivity (Wildman–Crippen MR) is 76.5 cm³/mol. The first-order valence-corrected chi connectivity index (χ1v) is 6.54. The summed E-state index contributed by atoms with van der Waals surface area (Å²) in [5.74, 6) is -0.803. The maximum absolute atomic E-state index is 13.7. The Labute approximate surface area is 125 Å². The second kappa shape index (κ2) is 6.20. The van der Waals surface area contributed by atoms with Crippen LogP contribution in [0.25, 0.3) is 0 Å². The Morgan fingerprint density at radius 1 is 1.35 bits per heavy atom. The molecular weight excluding hydrogens is 302 g/mol. The molecule has 1 amide bonds. The van der Waals surface area contributed by atoms with Gasteiger partial charge in [-0.2, -0.15) is 0 Å². The van der Waals surface area contributed by atoms with E-state index in [0.717, 1.165) is 0 Å². The second-order valence-corrected chi connectivity index (χ2v) is 5.06. The van der Waals surface area contributed by atoms with Gasteiger partial charge < -0.3 is 4.90 Å². The number of pyridine rings is 1. The Hall–Kier alpha value is -1.65. The van der Waals surface area contributed by atoms with Crippen molar-refractivity contribution in [1.82, 2.24) is 9.88 Å². The van der Waals surface area contributed by atoms with Gasteiger partial charge in [0.15, 0.2) is 0 Å². The van der Waals surface area contributed by atoms with Gasteiger partial charge in [0.1, 0.15) is 11.5 Å². The summed E-state index contributed by atoms with van der Waals surface area (Å²) in [6, 6.07) is 7.43. The van der Waals surface area contributed by atoms with Gasteiger partial charge in [0, 0.05) is 28.9 Å². The van der Waals surface area contributed by atoms with Crippen LogP contribution >= 0.6 is 23.2 Å². The highest BCUT2D eigenvalue weighted by Gasteiger charge is 2.17. The highest BCUT2D eigenvalue weighted by molar-refractivity contribution is 6.31. The molecule has 1 aromatic heterocycles. The van der Waals surface area contributed by atoms with Gasteiger partial charge in [-0.15, -0.1) is 0 Å². The molecule has 104 valence electrons. The molecule has 6 heteroatoms. The van der Waals surface area contributed by atoms with Crippen LogP contribution in [-0.4, -0.2) is 22.8 Å². The van der Waals surface area contributed by atoms with Crippen molar-refractivity contribution in [2.75, 3.05) is 7.05 Å². The molecule has 1 heterocycles. The molecule has 2 rings (SSSR count). The van der Waals surface area contributed by atoms with Crippen LogP contribution in [0.5, 0.6) is 0 Å². The third-order valence-corrected chi connectivity index (χ3v) is 3.33. The van der Waals surface area contributed by atoms with Gasteiger partial charge >= 0.3 is 0 Å². The SMILES string of the molecule is CN(Cc1c(F)cccc1Cl)C(=O)c1cc(Cl)ccn1. The molecular formula is C14H11Cl2FN2O. The number of halogens is 3. The van der Waals surface area contributed by atoms with Crippen molar-refractivity contribution in [1.29, 1.82) is 0 Å². The molecule has 0 fully saturated rings. The third kappa shape index (κ3) is 3.26. The Morgan fingerprint density at radius 3 is 2.75 bits per heavy atom. The number of rotatable bonds is 3. The van der Waals surface area contributed by atoms with Crippen molar-refractivity contribution in [3.63, 3.8) is 0 Å². The Kier molecular flexibility index (Phi) is 4.57. The molecule has 0 spiro atoms. The second-order valence-electron chi connectivity index (χ2n) is 4.22. The fraction of sp³-hybridized carbons (Fsp3) is 0.143. The van der Waals surface area contributed by atoms with Crippen LogP contribution in [0, 0.1) is 5.82 Å². The lowest BCUT2D eigenvalue weighted by molar-refractivity contribution is 0.0778. The van der Waals surface area contributed by atoms with E-state index >= 15 is 0 Å². The summed E-state index contributed by atoms with van der Waals surface area (Å²) in [7, 11) is 1.55. The van der Waals surface area contributed by atoms with Crippen LogP contribution < -0.4 is 0 Å². The average molecular weight is 313 g/mol. The van der Waals surface area contributed by atoms with Crippen molar-refractivity contribution >= 4 is 29.1 Å². The molecule has 0 N–H and O–H groups in total. The Morgan fingerprint density at radius 2 is 2.10 bits per heavy atom. The van der Waals surface area contributed by atoms with E-state index in [1.165, 1.54) is 29.3 Å². The zero-order valence-electron chi connectivity index (χ0n) is 10.6. The van der Waals surface area contributed by atoms with Crippen molar-refractivity contribution in [3.8, 4) is 0 Å². The van der Waals surface area contributed by atoms with Crippen molar-refractivity contribution in [3.05, 3.63) is 63.6 Å². The zero-order chi connectivity index (χ0) is 14.7. The van der Waals surface area contributed by atoms with E-state index in [1.807, 2.05) is 0 Å². The summed E-state index contributed by atoms with van der Waals surface area (Å²) < 4.78 is 13.7. The fourth-order valence-electron chi connectivity index (χ4n) is 1.71. The molecule has 3 nitrogen and oxygen atoms in total. The van der Waals surface area contributed by atoms with Gasteiger partial charge in [-0.25, -0.2) is 4.39 Å². The van der Waals surface area contributed by atoms with Crippen molar-refractivity contribution in [2.45, 2.75) is 6.54 Å².